The molecule has 0 aliphatic carbocycles. The van der Waals surface area contributed by atoms with Crippen LogP contribution in [0.15, 0.2) is 0 Å². The van der Waals surface area contributed by atoms with Crippen molar-refractivity contribution in [2.45, 2.75) is 30.6 Å². The Labute approximate surface area is 98.2 Å². The zero-order chi connectivity index (χ0) is 13.6. The summed E-state index contributed by atoms with van der Waals surface area (Å²) in [4.78, 5) is 10.0. The summed E-state index contributed by atoms with van der Waals surface area (Å²) in [6.45, 7) is 0.508. The van der Waals surface area contributed by atoms with Gasteiger partial charge in [-0.05, 0) is 0 Å². The Kier molecular flexibility index (Phi) is 7.33. The highest BCUT2D eigenvalue weighted by Crippen LogP contribution is 2.28. The van der Waals surface area contributed by atoms with E-state index in [-0.39, 0.29) is 11.5 Å². The van der Waals surface area contributed by atoms with Crippen LogP contribution < -0.4 is 0 Å². The molecule has 9 heteroatoms. The van der Waals surface area contributed by atoms with Gasteiger partial charge in [0, 0.05) is 0 Å². The average molecular weight is 272 g/mol. The van der Waals surface area contributed by atoms with Crippen molar-refractivity contribution in [1.82, 2.24) is 5.06 Å². The Morgan fingerprint density at radius 1 is 1.35 bits per heavy atom. The van der Waals surface area contributed by atoms with Crippen LogP contribution >= 0.6 is 7.80 Å². The smallest absolute Gasteiger partial charge is 0.371 e. The Bertz CT molecular complexity index is 268. The Hall–Kier alpha value is -0.660. The average Bonchev–Trinajstić information content (AvgIpc) is 2.27. The van der Waals surface area contributed by atoms with E-state index >= 15 is 0 Å². The molecule has 100 valence electrons. The molecule has 5 atom stereocenters. The molecule has 0 saturated carbocycles. The molecule has 0 fully saturated rings. The van der Waals surface area contributed by atoms with Crippen LogP contribution in [-0.4, -0.2) is 69.4 Å². The topological polar surface area (TPSA) is 118 Å². The minimum atomic E-state index is -2.14. The van der Waals surface area contributed by atoms with Crippen molar-refractivity contribution in [2.75, 3.05) is 13.2 Å². The minimum Gasteiger partial charge on any atom is -0.390 e. The first-order chi connectivity index (χ1) is 7.79. The highest BCUT2D eigenvalue weighted by Gasteiger charge is 2.33. The molecule has 7 nitrogen and oxygen atoms in total. The fourth-order valence-corrected chi connectivity index (χ4v) is 1.60. The van der Waals surface area contributed by atoms with Gasteiger partial charge in [0.2, 0.25) is 6.41 Å². The van der Waals surface area contributed by atoms with Crippen LogP contribution in [0.1, 0.15) is 6.42 Å². The molecule has 0 spiro atoms. The van der Waals surface area contributed by atoms with Crippen LogP contribution in [0.5, 0.6) is 0 Å². The lowest BCUT2D eigenvalue weighted by atomic mass is 10.1. The summed E-state index contributed by atoms with van der Waals surface area (Å²) >= 11 is 0. The van der Waals surface area contributed by atoms with Gasteiger partial charge in [-0.3, -0.25) is 10.0 Å². The van der Waals surface area contributed by atoms with Gasteiger partial charge in [-0.25, -0.2) is 5.06 Å². The standard InChI is InChI=1S/C8H16FNO6P/c1-17(16)7(9)2-5(12)8(14)6(13)3-10(15)4-11/h4-8,12-15H,2-3H2,1H3/q+1/t5-,6+,7?,8-/m1/s1. The van der Waals surface area contributed by atoms with Gasteiger partial charge in [0.15, 0.2) is 0 Å². The van der Waals surface area contributed by atoms with Gasteiger partial charge in [0.05, 0.1) is 19.1 Å². The van der Waals surface area contributed by atoms with Gasteiger partial charge in [-0.2, -0.15) is 4.39 Å². The van der Waals surface area contributed by atoms with Gasteiger partial charge in [0.25, 0.3) is 5.91 Å². The van der Waals surface area contributed by atoms with Gasteiger partial charge < -0.3 is 15.3 Å². The molecule has 0 aliphatic rings. The van der Waals surface area contributed by atoms with Crippen molar-refractivity contribution in [3.8, 4) is 0 Å². The maximum Gasteiger partial charge on any atom is 0.371 e. The number of aliphatic hydroxyl groups is 3. The molecule has 2 unspecified atom stereocenters. The third-order valence-corrected chi connectivity index (χ3v) is 3.11. The number of hydrogen-bond acceptors (Lipinski definition) is 6. The maximum absolute atomic E-state index is 13.0. The number of hydrogen-bond donors (Lipinski definition) is 4. The first kappa shape index (κ1) is 16.3. The highest BCUT2D eigenvalue weighted by atomic mass is 31.1. The van der Waals surface area contributed by atoms with Crippen LogP contribution in [0.25, 0.3) is 0 Å². The van der Waals surface area contributed by atoms with E-state index in [2.05, 4.69) is 0 Å². The van der Waals surface area contributed by atoms with Gasteiger partial charge in [-0.15, -0.1) is 0 Å². The number of carbonyl (C=O) groups excluding carboxylic acids is 1. The van der Waals surface area contributed by atoms with Crippen LogP contribution in [0, 0.1) is 0 Å². The van der Waals surface area contributed by atoms with Crippen molar-refractivity contribution >= 4 is 14.2 Å². The summed E-state index contributed by atoms with van der Waals surface area (Å²) in [7, 11) is -2.14. The Balaban J connectivity index is 4.23. The molecule has 0 aromatic heterocycles. The quantitative estimate of drug-likeness (QED) is 0.196. The van der Waals surface area contributed by atoms with Crippen LogP contribution in [-0.2, 0) is 9.36 Å². The number of rotatable bonds is 8. The van der Waals surface area contributed by atoms with E-state index in [9.17, 15) is 29.1 Å². The zero-order valence-electron chi connectivity index (χ0n) is 9.18. The molecule has 1 amide bonds. The number of alkyl halides is 1. The number of halogens is 1. The lowest BCUT2D eigenvalue weighted by molar-refractivity contribution is -0.163. The van der Waals surface area contributed by atoms with E-state index in [4.69, 9.17) is 5.21 Å². The molecule has 0 aromatic rings. The molecule has 0 heterocycles. The van der Waals surface area contributed by atoms with Crippen molar-refractivity contribution in [2.24, 2.45) is 0 Å². The van der Waals surface area contributed by atoms with E-state index in [0.29, 0.717) is 0 Å². The van der Waals surface area contributed by atoms with E-state index in [1.54, 1.807) is 0 Å². The molecule has 0 aliphatic heterocycles. The third-order valence-electron chi connectivity index (χ3n) is 2.11. The fraction of sp³-hybridized carbons (Fsp3) is 0.875. The van der Waals surface area contributed by atoms with Gasteiger partial charge in [0.1, 0.15) is 18.9 Å². The summed E-state index contributed by atoms with van der Waals surface area (Å²) in [5.41, 5.74) is 0. The summed E-state index contributed by atoms with van der Waals surface area (Å²) in [5, 5.41) is 36.7. The van der Waals surface area contributed by atoms with Gasteiger partial charge >= 0.3 is 7.80 Å². The Morgan fingerprint density at radius 3 is 2.29 bits per heavy atom. The molecule has 17 heavy (non-hydrogen) atoms. The molecule has 0 bridgehead atoms. The largest absolute Gasteiger partial charge is 0.390 e. The highest BCUT2D eigenvalue weighted by molar-refractivity contribution is 7.44. The summed E-state index contributed by atoms with van der Waals surface area (Å²) < 4.78 is 23.7. The van der Waals surface area contributed by atoms with E-state index in [1.165, 1.54) is 0 Å². The Morgan fingerprint density at radius 2 is 1.88 bits per heavy atom. The summed E-state index contributed by atoms with van der Waals surface area (Å²) in [5.74, 6) is -1.79. The third kappa shape index (κ3) is 5.99. The van der Waals surface area contributed by atoms with Gasteiger partial charge in [-0.1, -0.05) is 4.57 Å². The minimum absolute atomic E-state index is 0.00320. The molecular formula is C8H16FNO6P+. The monoisotopic (exact) mass is 272 g/mol. The number of amides is 1. The SMILES string of the molecule is C[P+](=O)C(F)C[C@@H](O)[C@@H](O)[C@@H](O)CN(O)C=O. The summed E-state index contributed by atoms with van der Waals surface area (Å²) in [6.07, 6.45) is -5.63. The molecule has 0 aromatic carbocycles. The first-order valence-corrected chi connectivity index (χ1v) is 6.56. The predicted molar refractivity (Wildman–Crippen MR) is 55.6 cm³/mol. The van der Waals surface area contributed by atoms with E-state index in [1.807, 2.05) is 0 Å². The second-order valence-electron chi connectivity index (χ2n) is 3.57. The second kappa shape index (κ2) is 7.62. The second-order valence-corrected chi connectivity index (χ2v) is 5.22. The maximum atomic E-state index is 13.0. The lowest BCUT2D eigenvalue weighted by Gasteiger charge is -2.23. The van der Waals surface area contributed by atoms with Crippen molar-refractivity contribution in [1.29, 1.82) is 0 Å². The number of nitrogens with zero attached hydrogens (tertiary/aromatic N) is 1. The van der Waals surface area contributed by atoms with E-state index < -0.39 is 45.0 Å². The van der Waals surface area contributed by atoms with Crippen molar-refractivity contribution in [3.05, 3.63) is 0 Å². The fourth-order valence-electron chi connectivity index (χ4n) is 1.09. The number of hydroxylamine groups is 2. The first-order valence-electron chi connectivity index (χ1n) is 4.78. The number of carbonyl (C=O) groups is 1. The molecule has 0 rings (SSSR count). The predicted octanol–water partition coefficient (Wildman–Crippen LogP) is -0.940. The van der Waals surface area contributed by atoms with Crippen LogP contribution in [0.3, 0.4) is 0 Å². The normalized spacial score (nSPS) is 19.1. The number of aliphatic hydroxyl groups excluding tert-OH is 3. The summed E-state index contributed by atoms with van der Waals surface area (Å²) in [6, 6.07) is 0. The molecule has 0 radical (unpaired) electrons. The van der Waals surface area contributed by atoms with Crippen LogP contribution in [0.4, 0.5) is 4.39 Å². The van der Waals surface area contributed by atoms with Crippen molar-refractivity contribution < 1.29 is 34.3 Å². The zero-order valence-corrected chi connectivity index (χ0v) is 10.1. The van der Waals surface area contributed by atoms with Crippen LogP contribution in [0.2, 0.25) is 0 Å². The molecule has 4 N–H and O–H groups in total. The molecular weight excluding hydrogens is 256 g/mol. The lowest BCUT2D eigenvalue weighted by Crippen LogP contribution is -2.44. The van der Waals surface area contributed by atoms with Crippen molar-refractivity contribution in [3.63, 3.8) is 0 Å². The molecule has 0 saturated heterocycles. The van der Waals surface area contributed by atoms with E-state index in [0.717, 1.165) is 6.66 Å².